The van der Waals surface area contributed by atoms with Crippen LogP contribution in [0.3, 0.4) is 0 Å². The molecule has 1 aliphatic heterocycles. The number of aromatic nitrogens is 2. The molecule has 0 fully saturated rings. The van der Waals surface area contributed by atoms with Gasteiger partial charge < -0.3 is 9.72 Å². The van der Waals surface area contributed by atoms with Crippen LogP contribution in [0.2, 0.25) is 0 Å². The summed E-state index contributed by atoms with van der Waals surface area (Å²) in [6.45, 7) is 4.34. The fraction of sp³-hybridized carbons (Fsp3) is 0.600. The molecule has 0 amide bonds. The zero-order chi connectivity index (χ0) is 10.8. The summed E-state index contributed by atoms with van der Waals surface area (Å²) in [5.41, 5.74) is 2.02. The summed E-state index contributed by atoms with van der Waals surface area (Å²) < 4.78 is 5.14. The highest BCUT2D eigenvalue weighted by Gasteiger charge is 2.27. The average Bonchev–Trinajstić information content (AvgIpc) is 2.62. The minimum Gasteiger partial charge on any atom is -0.462 e. The van der Waals surface area contributed by atoms with Crippen LogP contribution in [0.15, 0.2) is 6.33 Å². The van der Waals surface area contributed by atoms with Crippen LogP contribution in [0.5, 0.6) is 0 Å². The SMILES string of the molecule is CC(C)OC(=O)C1Cc2nc[nH]c2CN1. The molecule has 1 aliphatic rings. The van der Waals surface area contributed by atoms with Gasteiger partial charge in [0.2, 0.25) is 0 Å². The quantitative estimate of drug-likeness (QED) is 0.691. The Balaban J connectivity index is 2.00. The van der Waals surface area contributed by atoms with E-state index in [1.54, 1.807) is 6.33 Å². The number of imidazole rings is 1. The Kier molecular flexibility index (Phi) is 2.73. The van der Waals surface area contributed by atoms with Crippen molar-refractivity contribution < 1.29 is 9.53 Å². The van der Waals surface area contributed by atoms with Gasteiger partial charge in [-0.2, -0.15) is 0 Å². The Labute approximate surface area is 88.2 Å². The lowest BCUT2D eigenvalue weighted by Crippen LogP contribution is -2.43. The number of carbonyl (C=O) groups is 1. The summed E-state index contributed by atoms with van der Waals surface area (Å²) in [5.74, 6) is -0.196. The van der Waals surface area contributed by atoms with Gasteiger partial charge in [-0.25, -0.2) is 4.98 Å². The third-order valence-electron chi connectivity index (χ3n) is 2.37. The second kappa shape index (κ2) is 4.02. The predicted octanol–water partition coefficient (Wildman–Crippen LogP) is 0.376. The first-order valence-electron chi connectivity index (χ1n) is 5.12. The third kappa shape index (κ3) is 2.18. The van der Waals surface area contributed by atoms with Gasteiger partial charge in [0.25, 0.3) is 0 Å². The van der Waals surface area contributed by atoms with Gasteiger partial charge >= 0.3 is 5.97 Å². The topological polar surface area (TPSA) is 67.0 Å². The molecule has 2 N–H and O–H groups in total. The van der Waals surface area contributed by atoms with Crippen molar-refractivity contribution in [3.8, 4) is 0 Å². The van der Waals surface area contributed by atoms with Gasteiger partial charge in [-0.15, -0.1) is 0 Å². The lowest BCUT2D eigenvalue weighted by Gasteiger charge is -2.22. The molecular formula is C10H15N3O2. The number of nitrogens with one attached hydrogen (secondary N) is 2. The minimum absolute atomic E-state index is 0.0696. The van der Waals surface area contributed by atoms with Crippen LogP contribution >= 0.6 is 0 Å². The van der Waals surface area contributed by atoms with E-state index in [0.717, 1.165) is 11.4 Å². The highest BCUT2D eigenvalue weighted by atomic mass is 16.5. The van der Waals surface area contributed by atoms with Crippen molar-refractivity contribution in [3.05, 3.63) is 17.7 Å². The fourth-order valence-corrected chi connectivity index (χ4v) is 1.65. The normalized spacial score (nSPS) is 20.1. The van der Waals surface area contributed by atoms with Crippen LogP contribution in [0.1, 0.15) is 25.2 Å². The van der Waals surface area contributed by atoms with Crippen LogP contribution in [0, 0.1) is 0 Å². The number of aromatic amines is 1. The molecule has 0 spiro atoms. The Bertz CT molecular complexity index is 359. The van der Waals surface area contributed by atoms with Crippen LogP contribution < -0.4 is 5.32 Å². The van der Waals surface area contributed by atoms with Crippen molar-refractivity contribution in [1.82, 2.24) is 15.3 Å². The van der Waals surface area contributed by atoms with Gasteiger partial charge in [-0.05, 0) is 13.8 Å². The smallest absolute Gasteiger partial charge is 0.323 e. The van der Waals surface area contributed by atoms with E-state index in [1.807, 2.05) is 13.8 Å². The number of rotatable bonds is 2. The van der Waals surface area contributed by atoms with E-state index in [-0.39, 0.29) is 18.1 Å². The van der Waals surface area contributed by atoms with Crippen LogP contribution in [-0.4, -0.2) is 28.1 Å². The summed E-state index contributed by atoms with van der Waals surface area (Å²) in [5, 5.41) is 3.12. The van der Waals surface area contributed by atoms with Gasteiger partial charge in [-0.3, -0.25) is 10.1 Å². The Morgan fingerprint density at radius 3 is 3.20 bits per heavy atom. The molecule has 0 saturated heterocycles. The maximum atomic E-state index is 11.6. The van der Waals surface area contributed by atoms with Crippen molar-refractivity contribution in [3.63, 3.8) is 0 Å². The van der Waals surface area contributed by atoms with Gasteiger partial charge in [0.05, 0.1) is 23.8 Å². The first-order valence-corrected chi connectivity index (χ1v) is 5.12. The molecule has 15 heavy (non-hydrogen) atoms. The van der Waals surface area contributed by atoms with Crippen molar-refractivity contribution in [2.75, 3.05) is 0 Å². The lowest BCUT2D eigenvalue weighted by molar-refractivity contribution is -0.150. The molecule has 0 radical (unpaired) electrons. The van der Waals surface area contributed by atoms with Crippen molar-refractivity contribution >= 4 is 5.97 Å². The highest BCUT2D eigenvalue weighted by molar-refractivity contribution is 5.76. The second-order valence-electron chi connectivity index (χ2n) is 3.95. The van der Waals surface area contributed by atoms with Crippen molar-refractivity contribution in [2.45, 2.75) is 39.0 Å². The molecule has 0 saturated carbocycles. The Hall–Kier alpha value is -1.36. The maximum absolute atomic E-state index is 11.6. The van der Waals surface area contributed by atoms with E-state index in [2.05, 4.69) is 15.3 Å². The number of carbonyl (C=O) groups excluding carboxylic acids is 1. The number of ether oxygens (including phenoxy) is 1. The molecule has 5 nitrogen and oxygen atoms in total. The van der Waals surface area contributed by atoms with Crippen molar-refractivity contribution in [1.29, 1.82) is 0 Å². The van der Waals surface area contributed by atoms with Gasteiger partial charge in [0, 0.05) is 13.0 Å². The summed E-state index contributed by atoms with van der Waals surface area (Å²) in [6.07, 6.45) is 2.19. The molecule has 2 rings (SSSR count). The molecule has 1 aromatic rings. The molecule has 0 aliphatic carbocycles. The van der Waals surface area contributed by atoms with E-state index in [9.17, 15) is 4.79 Å². The fourth-order valence-electron chi connectivity index (χ4n) is 1.65. The third-order valence-corrected chi connectivity index (χ3v) is 2.37. The molecule has 1 aromatic heterocycles. The van der Waals surface area contributed by atoms with E-state index in [0.29, 0.717) is 13.0 Å². The number of fused-ring (bicyclic) bond motifs is 1. The van der Waals surface area contributed by atoms with E-state index in [1.165, 1.54) is 0 Å². The number of H-pyrrole nitrogens is 1. The number of hydrogen-bond donors (Lipinski definition) is 2. The molecule has 0 bridgehead atoms. The number of hydrogen-bond acceptors (Lipinski definition) is 4. The highest BCUT2D eigenvalue weighted by Crippen LogP contribution is 2.13. The molecule has 0 aromatic carbocycles. The van der Waals surface area contributed by atoms with E-state index in [4.69, 9.17) is 4.74 Å². The standard InChI is InChI=1S/C10H15N3O2/c1-6(2)15-10(14)8-3-7-9(4-11-8)13-5-12-7/h5-6,8,11H,3-4H2,1-2H3,(H,12,13). The molecule has 1 unspecified atom stereocenters. The minimum atomic E-state index is -0.261. The Morgan fingerprint density at radius 2 is 2.47 bits per heavy atom. The van der Waals surface area contributed by atoms with Gasteiger partial charge in [0.1, 0.15) is 6.04 Å². The lowest BCUT2D eigenvalue weighted by atomic mass is 10.1. The summed E-state index contributed by atoms with van der Waals surface area (Å²) in [6, 6.07) is -0.261. The maximum Gasteiger partial charge on any atom is 0.323 e. The molecule has 82 valence electrons. The van der Waals surface area contributed by atoms with E-state index < -0.39 is 0 Å². The first-order chi connectivity index (χ1) is 7.16. The zero-order valence-electron chi connectivity index (χ0n) is 8.91. The van der Waals surface area contributed by atoms with Gasteiger partial charge in [-0.1, -0.05) is 0 Å². The van der Waals surface area contributed by atoms with Crippen LogP contribution in [0.25, 0.3) is 0 Å². The summed E-state index contributed by atoms with van der Waals surface area (Å²) >= 11 is 0. The van der Waals surface area contributed by atoms with Crippen LogP contribution in [-0.2, 0) is 22.5 Å². The summed E-state index contributed by atoms with van der Waals surface area (Å²) in [7, 11) is 0. The molecular weight excluding hydrogens is 194 g/mol. The number of esters is 1. The second-order valence-corrected chi connectivity index (χ2v) is 3.95. The predicted molar refractivity (Wildman–Crippen MR) is 54.1 cm³/mol. The average molecular weight is 209 g/mol. The van der Waals surface area contributed by atoms with E-state index >= 15 is 0 Å². The zero-order valence-corrected chi connectivity index (χ0v) is 8.91. The first kappa shape index (κ1) is 10.2. The molecule has 2 heterocycles. The Morgan fingerprint density at radius 1 is 1.67 bits per heavy atom. The van der Waals surface area contributed by atoms with Crippen LogP contribution in [0.4, 0.5) is 0 Å². The largest absolute Gasteiger partial charge is 0.462 e. The number of nitrogens with zero attached hydrogens (tertiary/aromatic N) is 1. The molecule has 1 atom stereocenters. The molecule has 5 heteroatoms. The monoisotopic (exact) mass is 209 g/mol. The van der Waals surface area contributed by atoms with Crippen molar-refractivity contribution in [2.24, 2.45) is 0 Å². The van der Waals surface area contributed by atoms with Gasteiger partial charge in [0.15, 0.2) is 0 Å². The summed E-state index contributed by atoms with van der Waals surface area (Å²) in [4.78, 5) is 18.8.